The van der Waals surface area contributed by atoms with Gasteiger partial charge >= 0.3 is 0 Å². The molecule has 2 nitrogen and oxygen atoms in total. The SMILES string of the molecule is Clc1ccc(C=N[C@@H]2C3CCN(CC3)[C@H]2C(c2ccccc2)c2ccccc2)cc1. The summed E-state index contributed by atoms with van der Waals surface area (Å²) in [5.74, 6) is 0.973. The van der Waals surface area contributed by atoms with Crippen LogP contribution < -0.4 is 0 Å². The van der Waals surface area contributed by atoms with Crippen molar-refractivity contribution >= 4 is 17.8 Å². The van der Waals surface area contributed by atoms with Crippen LogP contribution in [0.2, 0.25) is 5.02 Å². The molecule has 0 amide bonds. The van der Waals surface area contributed by atoms with Gasteiger partial charge in [-0.3, -0.25) is 9.89 Å². The quantitative estimate of drug-likeness (QED) is 0.464. The zero-order chi connectivity index (χ0) is 20.3. The molecule has 2 atom stereocenters. The molecule has 3 aromatic carbocycles. The van der Waals surface area contributed by atoms with Gasteiger partial charge in [-0.1, -0.05) is 84.4 Å². The van der Waals surface area contributed by atoms with Crippen LogP contribution in [0, 0.1) is 5.92 Å². The molecule has 0 saturated carbocycles. The van der Waals surface area contributed by atoms with Crippen molar-refractivity contribution in [3.05, 3.63) is 107 Å². The zero-order valence-electron chi connectivity index (χ0n) is 17.1. The van der Waals surface area contributed by atoms with Gasteiger partial charge in [-0.25, -0.2) is 0 Å². The summed E-state index contributed by atoms with van der Waals surface area (Å²) in [5.41, 5.74) is 3.88. The Balaban J connectivity index is 1.54. The van der Waals surface area contributed by atoms with Gasteiger partial charge in [-0.15, -0.1) is 0 Å². The van der Waals surface area contributed by atoms with Crippen molar-refractivity contribution in [1.82, 2.24) is 4.90 Å². The van der Waals surface area contributed by atoms with Crippen LogP contribution in [0.25, 0.3) is 0 Å². The van der Waals surface area contributed by atoms with Crippen LogP contribution >= 0.6 is 11.6 Å². The van der Waals surface area contributed by atoms with E-state index in [1.807, 2.05) is 24.3 Å². The average Bonchev–Trinajstić information content (AvgIpc) is 2.82. The fourth-order valence-corrected chi connectivity index (χ4v) is 5.43. The highest BCUT2D eigenvalue weighted by Crippen LogP contribution is 2.43. The van der Waals surface area contributed by atoms with Gasteiger partial charge in [0.05, 0.1) is 6.04 Å². The van der Waals surface area contributed by atoms with Gasteiger partial charge in [0.25, 0.3) is 0 Å². The summed E-state index contributed by atoms with van der Waals surface area (Å²) < 4.78 is 0. The molecular formula is C27H27ClN2. The molecule has 0 aliphatic carbocycles. The average molecular weight is 415 g/mol. The Hall–Kier alpha value is -2.42. The summed E-state index contributed by atoms with van der Waals surface area (Å²) in [7, 11) is 0. The first-order valence-electron chi connectivity index (χ1n) is 10.9. The fraction of sp³-hybridized carbons (Fsp3) is 0.296. The van der Waals surface area contributed by atoms with Gasteiger partial charge in [0.15, 0.2) is 0 Å². The van der Waals surface area contributed by atoms with Crippen molar-refractivity contribution in [2.45, 2.75) is 30.8 Å². The van der Waals surface area contributed by atoms with Gasteiger partial charge < -0.3 is 0 Å². The molecule has 152 valence electrons. The number of hydrogen-bond donors (Lipinski definition) is 0. The van der Waals surface area contributed by atoms with E-state index in [0.29, 0.717) is 23.9 Å². The van der Waals surface area contributed by atoms with Gasteiger partial charge in [-0.05, 0) is 60.7 Å². The van der Waals surface area contributed by atoms with Crippen molar-refractivity contribution in [2.75, 3.05) is 13.1 Å². The Kier molecular flexibility index (Phi) is 5.70. The van der Waals surface area contributed by atoms with Gasteiger partial charge in [0, 0.05) is 23.2 Å². The minimum atomic E-state index is 0.300. The van der Waals surface area contributed by atoms with Gasteiger partial charge in [0.2, 0.25) is 0 Å². The second-order valence-corrected chi connectivity index (χ2v) is 8.92. The van der Waals surface area contributed by atoms with E-state index in [4.69, 9.17) is 16.6 Å². The first-order chi connectivity index (χ1) is 14.8. The lowest BCUT2D eigenvalue weighted by atomic mass is 9.71. The molecule has 3 fully saturated rings. The molecule has 3 heteroatoms. The lowest BCUT2D eigenvalue weighted by Gasteiger charge is -2.52. The third-order valence-corrected chi connectivity index (χ3v) is 7.01. The molecule has 3 heterocycles. The van der Waals surface area contributed by atoms with Crippen LogP contribution in [0.1, 0.15) is 35.4 Å². The van der Waals surface area contributed by atoms with E-state index in [1.165, 1.54) is 37.1 Å². The van der Waals surface area contributed by atoms with Crippen molar-refractivity contribution in [3.8, 4) is 0 Å². The van der Waals surface area contributed by atoms with E-state index >= 15 is 0 Å². The minimum Gasteiger partial charge on any atom is -0.297 e. The van der Waals surface area contributed by atoms with Crippen molar-refractivity contribution < 1.29 is 0 Å². The topological polar surface area (TPSA) is 15.6 Å². The number of aliphatic imine (C=N–C) groups is 1. The molecular weight excluding hydrogens is 388 g/mol. The van der Waals surface area contributed by atoms with Crippen LogP contribution in [0.5, 0.6) is 0 Å². The second-order valence-electron chi connectivity index (χ2n) is 8.48. The third-order valence-electron chi connectivity index (χ3n) is 6.75. The minimum absolute atomic E-state index is 0.300. The summed E-state index contributed by atoms with van der Waals surface area (Å²) in [6.07, 6.45) is 4.55. The van der Waals surface area contributed by atoms with Gasteiger partial charge in [0.1, 0.15) is 0 Å². The number of benzene rings is 3. The summed E-state index contributed by atoms with van der Waals surface area (Å²) in [4.78, 5) is 7.90. The molecule has 3 aromatic rings. The number of rotatable bonds is 5. The van der Waals surface area contributed by atoms with E-state index in [-0.39, 0.29) is 0 Å². The maximum absolute atomic E-state index is 6.06. The van der Waals surface area contributed by atoms with E-state index in [2.05, 4.69) is 71.8 Å². The largest absolute Gasteiger partial charge is 0.297 e. The molecule has 30 heavy (non-hydrogen) atoms. The van der Waals surface area contributed by atoms with E-state index in [0.717, 1.165) is 10.6 Å². The Morgan fingerprint density at radius 1 is 0.800 bits per heavy atom. The molecule has 3 aliphatic heterocycles. The highest BCUT2D eigenvalue weighted by atomic mass is 35.5. The summed E-state index contributed by atoms with van der Waals surface area (Å²) >= 11 is 6.06. The Morgan fingerprint density at radius 2 is 1.37 bits per heavy atom. The highest BCUT2D eigenvalue weighted by Gasteiger charge is 2.46. The fourth-order valence-electron chi connectivity index (χ4n) is 5.30. The van der Waals surface area contributed by atoms with Gasteiger partial charge in [-0.2, -0.15) is 0 Å². The summed E-state index contributed by atoms with van der Waals surface area (Å²) in [6.45, 7) is 2.36. The predicted octanol–water partition coefficient (Wildman–Crippen LogP) is 6.05. The predicted molar refractivity (Wildman–Crippen MR) is 126 cm³/mol. The standard InChI is InChI=1S/C27H27ClN2/c28-24-13-11-20(12-14-24)19-29-26-23-15-17-30(18-16-23)27(26)25(21-7-3-1-4-8-21)22-9-5-2-6-10-22/h1-14,19,23,25-27H,15-18H2/t26-,27+/m1/s1. The number of fused-ring (bicyclic) bond motifs is 3. The molecule has 0 spiro atoms. The lowest BCUT2D eigenvalue weighted by molar-refractivity contribution is 0.0215. The molecule has 6 rings (SSSR count). The highest BCUT2D eigenvalue weighted by molar-refractivity contribution is 6.30. The molecule has 3 aliphatic rings. The number of hydrogen-bond acceptors (Lipinski definition) is 2. The number of nitrogens with zero attached hydrogens (tertiary/aromatic N) is 2. The first-order valence-corrected chi connectivity index (χ1v) is 11.3. The molecule has 0 N–H and O–H groups in total. The lowest BCUT2D eigenvalue weighted by Crippen LogP contribution is -2.59. The van der Waals surface area contributed by atoms with Crippen molar-refractivity contribution in [1.29, 1.82) is 0 Å². The number of halogens is 1. The van der Waals surface area contributed by atoms with Crippen LogP contribution in [0.3, 0.4) is 0 Å². The molecule has 0 radical (unpaired) electrons. The van der Waals surface area contributed by atoms with Crippen LogP contribution in [-0.2, 0) is 0 Å². The van der Waals surface area contributed by atoms with E-state index < -0.39 is 0 Å². The maximum atomic E-state index is 6.06. The summed E-state index contributed by atoms with van der Waals surface area (Å²) in [5, 5.41) is 0.765. The molecule has 0 unspecified atom stereocenters. The maximum Gasteiger partial charge on any atom is 0.0693 e. The molecule has 2 bridgehead atoms. The number of piperidine rings is 3. The summed E-state index contributed by atoms with van der Waals surface area (Å²) in [6, 6.07) is 30.6. The van der Waals surface area contributed by atoms with Crippen LogP contribution in [0.15, 0.2) is 89.9 Å². The Bertz CT molecular complexity index is 937. The normalized spacial score (nSPS) is 25.8. The third kappa shape index (κ3) is 3.95. The Morgan fingerprint density at radius 3 is 1.93 bits per heavy atom. The van der Waals surface area contributed by atoms with Crippen LogP contribution in [0.4, 0.5) is 0 Å². The molecule has 0 aromatic heterocycles. The second kappa shape index (κ2) is 8.75. The van der Waals surface area contributed by atoms with Crippen LogP contribution in [-0.4, -0.2) is 36.3 Å². The monoisotopic (exact) mass is 414 g/mol. The van der Waals surface area contributed by atoms with E-state index in [1.54, 1.807) is 0 Å². The molecule has 3 saturated heterocycles. The van der Waals surface area contributed by atoms with Crippen molar-refractivity contribution in [2.24, 2.45) is 10.9 Å². The van der Waals surface area contributed by atoms with Crippen molar-refractivity contribution in [3.63, 3.8) is 0 Å². The van der Waals surface area contributed by atoms with E-state index in [9.17, 15) is 0 Å². The first kappa shape index (κ1) is 19.5. The Labute approximate surface area is 184 Å². The zero-order valence-corrected chi connectivity index (χ0v) is 17.8. The smallest absolute Gasteiger partial charge is 0.0693 e.